The number of amides is 1. The molecule has 1 atom stereocenters. The van der Waals surface area contributed by atoms with Gasteiger partial charge in [-0.25, -0.2) is 0 Å². The summed E-state index contributed by atoms with van der Waals surface area (Å²) < 4.78 is 5.29. The first-order valence-corrected chi connectivity index (χ1v) is 10.9. The first kappa shape index (κ1) is 19.8. The van der Waals surface area contributed by atoms with Gasteiger partial charge in [0.05, 0.1) is 18.9 Å². The number of hydrogen-bond donors (Lipinski definition) is 3. The van der Waals surface area contributed by atoms with Crippen LogP contribution in [0.4, 0.5) is 5.00 Å². The van der Waals surface area contributed by atoms with Crippen LogP contribution in [0.3, 0.4) is 0 Å². The van der Waals surface area contributed by atoms with Gasteiger partial charge in [0, 0.05) is 11.1 Å². The molecule has 0 aliphatic carbocycles. The largest absolute Gasteiger partial charge is 0.459 e. The van der Waals surface area contributed by atoms with Gasteiger partial charge in [0.1, 0.15) is 36.9 Å². The van der Waals surface area contributed by atoms with E-state index in [1.165, 1.54) is 27.2 Å². The van der Waals surface area contributed by atoms with E-state index in [2.05, 4.69) is 32.3 Å². The Morgan fingerprint density at radius 2 is 1.97 bits per heavy atom. The Morgan fingerprint density at radius 3 is 2.62 bits per heavy atom. The molecule has 0 bridgehead atoms. The summed E-state index contributed by atoms with van der Waals surface area (Å²) in [6.07, 6.45) is 3.38. The number of thiophene rings is 1. The minimum Gasteiger partial charge on any atom is -0.459 e. The Kier molecular flexibility index (Phi) is 5.80. The average Bonchev–Trinajstić information content (AvgIpc) is 3.35. The lowest BCUT2D eigenvalue weighted by Gasteiger charge is -2.33. The van der Waals surface area contributed by atoms with Crippen molar-refractivity contribution in [3.05, 3.63) is 70.3 Å². The molecule has 6 nitrogen and oxygen atoms in total. The molecule has 1 amide bonds. The van der Waals surface area contributed by atoms with E-state index in [9.17, 15) is 4.79 Å². The van der Waals surface area contributed by atoms with E-state index in [0.29, 0.717) is 5.76 Å². The minimum atomic E-state index is -0.213. The number of quaternary nitrogens is 2. The highest BCUT2D eigenvalue weighted by molar-refractivity contribution is 7.16. The van der Waals surface area contributed by atoms with Gasteiger partial charge in [0.25, 0.3) is 5.91 Å². The van der Waals surface area contributed by atoms with E-state index in [-0.39, 0.29) is 11.9 Å². The van der Waals surface area contributed by atoms with Crippen LogP contribution in [0.25, 0.3) is 0 Å². The van der Waals surface area contributed by atoms with Crippen LogP contribution in [-0.4, -0.2) is 44.1 Å². The van der Waals surface area contributed by atoms with Gasteiger partial charge in [-0.1, -0.05) is 6.07 Å². The van der Waals surface area contributed by atoms with Crippen LogP contribution in [-0.2, 0) is 0 Å². The lowest BCUT2D eigenvalue weighted by Crippen LogP contribution is -3.27. The second-order valence-electron chi connectivity index (χ2n) is 7.76. The van der Waals surface area contributed by atoms with Crippen LogP contribution in [0, 0.1) is 13.8 Å². The summed E-state index contributed by atoms with van der Waals surface area (Å²) in [7, 11) is 2.25. The molecule has 1 fully saturated rings. The first-order valence-electron chi connectivity index (χ1n) is 10.1. The predicted octanol–water partition coefficient (Wildman–Crippen LogP) is 1.11. The molecule has 29 heavy (non-hydrogen) atoms. The Hall–Kier alpha value is -2.48. The topological polar surface area (TPSA) is 64.0 Å². The number of hydrogen-bond acceptors (Lipinski definition) is 4. The smallest absolute Gasteiger partial charge is 0.291 e. The van der Waals surface area contributed by atoms with Crippen molar-refractivity contribution >= 4 is 22.2 Å². The number of aromatic nitrogens is 1. The summed E-state index contributed by atoms with van der Waals surface area (Å²) in [6.45, 7) is 8.69. The van der Waals surface area contributed by atoms with Crippen molar-refractivity contribution in [1.82, 2.24) is 4.98 Å². The maximum absolute atomic E-state index is 12.7. The molecular weight excluding hydrogens is 384 g/mol. The third-order valence-electron chi connectivity index (χ3n) is 5.83. The van der Waals surface area contributed by atoms with E-state index in [4.69, 9.17) is 9.40 Å². The SMILES string of the molecule is Cc1sc(NC(=O)c2ccco2)c([C@H](c2ccccn2)[NH+]2CC[NH+](C)CC2)c1C. The fraction of sp³-hybridized carbons (Fsp3) is 0.364. The third kappa shape index (κ3) is 4.12. The van der Waals surface area contributed by atoms with Gasteiger partial charge in [-0.3, -0.25) is 9.78 Å². The summed E-state index contributed by atoms with van der Waals surface area (Å²) in [5, 5.41) is 4.01. The highest BCUT2D eigenvalue weighted by Gasteiger charge is 2.36. The van der Waals surface area contributed by atoms with E-state index in [1.54, 1.807) is 28.4 Å². The molecule has 1 saturated heterocycles. The molecular formula is C22H28N4O2S+2. The molecule has 1 aliphatic rings. The van der Waals surface area contributed by atoms with Crippen molar-refractivity contribution in [2.24, 2.45) is 0 Å². The quantitative estimate of drug-likeness (QED) is 0.588. The number of pyridine rings is 1. The maximum Gasteiger partial charge on any atom is 0.291 e. The summed E-state index contributed by atoms with van der Waals surface area (Å²) in [6, 6.07) is 9.62. The van der Waals surface area contributed by atoms with Gasteiger partial charge in [-0.05, 0) is 43.7 Å². The highest BCUT2D eigenvalue weighted by atomic mass is 32.1. The molecule has 152 valence electrons. The second kappa shape index (κ2) is 8.49. The number of aryl methyl sites for hydroxylation is 1. The zero-order valence-electron chi connectivity index (χ0n) is 17.1. The van der Waals surface area contributed by atoms with Crippen LogP contribution in [0.15, 0.2) is 47.2 Å². The number of piperazine rings is 1. The Bertz CT molecular complexity index is 960. The highest BCUT2D eigenvalue weighted by Crippen LogP contribution is 2.38. The maximum atomic E-state index is 12.7. The van der Waals surface area contributed by atoms with Crippen LogP contribution >= 0.6 is 11.3 Å². The number of furan rings is 1. The van der Waals surface area contributed by atoms with Gasteiger partial charge in [-0.15, -0.1) is 11.3 Å². The standard InChI is InChI=1S/C22H26N4O2S/c1-15-16(2)29-22(24-21(27)18-8-6-14-28-18)19(15)20(17-7-4-5-9-23-17)26-12-10-25(3)11-13-26/h4-9,14,20H,10-13H2,1-3H3,(H,24,27)/p+2/t20-/m0/s1. The monoisotopic (exact) mass is 412 g/mol. The van der Waals surface area contributed by atoms with Crippen LogP contribution in [0.1, 0.15) is 38.3 Å². The zero-order valence-corrected chi connectivity index (χ0v) is 17.9. The van der Waals surface area contributed by atoms with Crippen molar-refractivity contribution in [2.45, 2.75) is 19.9 Å². The normalized spacial score (nSPS) is 20.4. The molecule has 0 unspecified atom stereocenters. The molecule has 0 spiro atoms. The van der Waals surface area contributed by atoms with Crippen molar-refractivity contribution in [1.29, 1.82) is 0 Å². The number of carbonyl (C=O) groups is 1. The zero-order chi connectivity index (χ0) is 20.4. The van der Waals surface area contributed by atoms with Gasteiger partial charge < -0.3 is 19.5 Å². The lowest BCUT2D eigenvalue weighted by molar-refractivity contribution is -1.02. The number of nitrogens with zero attached hydrogens (tertiary/aromatic N) is 1. The minimum absolute atomic E-state index is 0.0983. The molecule has 0 aromatic carbocycles. The fourth-order valence-corrected chi connectivity index (χ4v) is 5.15. The second-order valence-corrected chi connectivity index (χ2v) is 8.99. The molecule has 4 heterocycles. The van der Waals surface area contributed by atoms with Crippen molar-refractivity contribution in [2.75, 3.05) is 38.5 Å². The Labute approximate surface area is 175 Å². The van der Waals surface area contributed by atoms with E-state index < -0.39 is 0 Å². The number of likely N-dealkylation sites (N-methyl/N-ethyl adjacent to an activating group) is 1. The van der Waals surface area contributed by atoms with Crippen LogP contribution < -0.4 is 15.1 Å². The van der Waals surface area contributed by atoms with E-state index in [0.717, 1.165) is 36.9 Å². The summed E-state index contributed by atoms with van der Waals surface area (Å²) in [5.74, 6) is 0.111. The molecule has 4 rings (SSSR count). The van der Waals surface area contributed by atoms with Crippen LogP contribution in [0.5, 0.6) is 0 Å². The van der Waals surface area contributed by atoms with Crippen molar-refractivity contribution in [3.8, 4) is 0 Å². The molecule has 0 saturated carbocycles. The number of anilines is 1. The molecule has 3 aromatic rings. The number of rotatable bonds is 5. The molecule has 3 N–H and O–H groups in total. The van der Waals surface area contributed by atoms with E-state index >= 15 is 0 Å². The summed E-state index contributed by atoms with van der Waals surface area (Å²) in [5.41, 5.74) is 3.47. The van der Waals surface area contributed by atoms with Gasteiger partial charge in [0.15, 0.2) is 11.8 Å². The molecule has 0 radical (unpaired) electrons. The van der Waals surface area contributed by atoms with Crippen molar-refractivity contribution in [3.63, 3.8) is 0 Å². The van der Waals surface area contributed by atoms with Gasteiger partial charge >= 0.3 is 0 Å². The fourth-order valence-electron chi connectivity index (χ4n) is 4.05. The first-order chi connectivity index (χ1) is 14.0. The Balaban J connectivity index is 1.75. The Morgan fingerprint density at radius 1 is 1.17 bits per heavy atom. The van der Waals surface area contributed by atoms with Gasteiger partial charge in [0.2, 0.25) is 0 Å². The summed E-state index contributed by atoms with van der Waals surface area (Å²) >= 11 is 1.63. The summed E-state index contributed by atoms with van der Waals surface area (Å²) in [4.78, 5) is 21.7. The predicted molar refractivity (Wildman–Crippen MR) is 114 cm³/mol. The molecule has 7 heteroatoms. The number of nitrogens with one attached hydrogen (secondary N) is 3. The van der Waals surface area contributed by atoms with E-state index in [1.807, 2.05) is 18.3 Å². The average molecular weight is 413 g/mol. The lowest BCUT2D eigenvalue weighted by atomic mass is 9.97. The van der Waals surface area contributed by atoms with Crippen LogP contribution in [0.2, 0.25) is 0 Å². The molecule has 1 aliphatic heterocycles. The van der Waals surface area contributed by atoms with Crippen molar-refractivity contribution < 1.29 is 19.0 Å². The molecule has 3 aromatic heterocycles. The number of carbonyl (C=O) groups excluding carboxylic acids is 1. The van der Waals surface area contributed by atoms with Gasteiger partial charge in [-0.2, -0.15) is 0 Å². The third-order valence-corrected chi connectivity index (χ3v) is 6.97.